The molecule has 3 rings (SSSR count). The second-order valence-corrected chi connectivity index (χ2v) is 7.72. The summed E-state index contributed by atoms with van der Waals surface area (Å²) in [6.45, 7) is 0.582. The largest absolute Gasteiger partial charge is 0.491 e. The first kappa shape index (κ1) is 25.1. The van der Waals surface area contributed by atoms with Gasteiger partial charge in [0.05, 0.1) is 38.1 Å². The van der Waals surface area contributed by atoms with Crippen LogP contribution < -0.4 is 15.9 Å². The molecule has 1 atom stereocenters. The van der Waals surface area contributed by atoms with Crippen LogP contribution in [0, 0.1) is 0 Å². The van der Waals surface area contributed by atoms with Gasteiger partial charge < -0.3 is 35.0 Å². The topological polar surface area (TPSA) is 159 Å². The van der Waals surface area contributed by atoms with Gasteiger partial charge in [0.25, 0.3) is 5.91 Å². The first-order valence-corrected chi connectivity index (χ1v) is 10.8. The van der Waals surface area contributed by atoms with Crippen molar-refractivity contribution in [3.05, 3.63) is 29.3 Å². The molecule has 1 aromatic carbocycles. The van der Waals surface area contributed by atoms with E-state index in [0.717, 1.165) is 7.11 Å². The molecule has 3 N–H and O–H groups in total. The summed E-state index contributed by atoms with van der Waals surface area (Å²) in [6, 6.07) is 4.84. The summed E-state index contributed by atoms with van der Waals surface area (Å²) in [5, 5.41) is 6.63. The van der Waals surface area contributed by atoms with Gasteiger partial charge in [-0.15, -0.1) is 0 Å². The number of methoxy groups -OCH3 is 1. The van der Waals surface area contributed by atoms with Gasteiger partial charge in [-0.25, -0.2) is 9.59 Å². The summed E-state index contributed by atoms with van der Waals surface area (Å²) in [5.41, 5.74) is 0.922. The van der Waals surface area contributed by atoms with E-state index in [2.05, 4.69) is 15.2 Å². The highest BCUT2D eigenvalue weighted by Crippen LogP contribution is 2.24. The molecule has 1 aromatic rings. The quantitative estimate of drug-likeness (QED) is 0.152. The van der Waals surface area contributed by atoms with Gasteiger partial charge in [-0.3, -0.25) is 9.59 Å². The summed E-state index contributed by atoms with van der Waals surface area (Å²) in [5.74, 6) is 2.67. The lowest BCUT2D eigenvalue weighted by Crippen LogP contribution is -2.47. The Bertz CT molecular complexity index is 945. The number of hydrogen-bond donors (Lipinski definition) is 2. The standard InChI is InChI=1S/C22H28N4O8/c1-31-19(28)13-33-22(30)20(34-15-4-6-24-7-5-15)17(27)12-26-8-9-32-18-10-14(11-25-23)2-3-16(18)21(26)29/h2-3,10-11,15,20,24H,4-9,12-13,23H2,1H3. The predicted molar refractivity (Wildman–Crippen MR) is 118 cm³/mol. The summed E-state index contributed by atoms with van der Waals surface area (Å²) >= 11 is 0. The maximum Gasteiger partial charge on any atom is 0.344 e. The third-order valence-corrected chi connectivity index (χ3v) is 5.39. The van der Waals surface area contributed by atoms with E-state index in [9.17, 15) is 19.2 Å². The van der Waals surface area contributed by atoms with Crippen LogP contribution in [0.25, 0.3) is 0 Å². The molecule has 0 bridgehead atoms. The van der Waals surface area contributed by atoms with E-state index in [-0.39, 0.29) is 24.8 Å². The Morgan fingerprint density at radius 2 is 2.09 bits per heavy atom. The fourth-order valence-electron chi connectivity index (χ4n) is 3.61. The Morgan fingerprint density at radius 3 is 2.79 bits per heavy atom. The predicted octanol–water partition coefficient (Wildman–Crippen LogP) is -0.764. The van der Waals surface area contributed by atoms with Gasteiger partial charge in [-0.05, 0) is 43.6 Å². The van der Waals surface area contributed by atoms with Gasteiger partial charge in [0.15, 0.2) is 12.4 Å². The number of carbonyl (C=O) groups is 4. The van der Waals surface area contributed by atoms with Crippen LogP contribution in [-0.2, 0) is 28.6 Å². The Labute approximate surface area is 196 Å². The number of nitrogens with one attached hydrogen (secondary N) is 1. The van der Waals surface area contributed by atoms with E-state index in [0.29, 0.717) is 37.2 Å². The van der Waals surface area contributed by atoms with Gasteiger partial charge in [0.2, 0.25) is 6.10 Å². The van der Waals surface area contributed by atoms with Crippen LogP contribution in [0.15, 0.2) is 23.3 Å². The van der Waals surface area contributed by atoms with E-state index >= 15 is 0 Å². The number of nitrogens with zero attached hydrogens (tertiary/aromatic N) is 2. The normalized spacial score (nSPS) is 17.4. The summed E-state index contributed by atoms with van der Waals surface area (Å²) in [6.07, 6.45) is 0.710. The van der Waals surface area contributed by atoms with Gasteiger partial charge in [0, 0.05) is 0 Å². The fourth-order valence-corrected chi connectivity index (χ4v) is 3.61. The van der Waals surface area contributed by atoms with E-state index in [1.54, 1.807) is 18.2 Å². The molecule has 1 fully saturated rings. The van der Waals surface area contributed by atoms with Crippen LogP contribution in [0.4, 0.5) is 0 Å². The lowest BCUT2D eigenvalue weighted by atomic mass is 10.1. The number of rotatable bonds is 9. The average molecular weight is 476 g/mol. The van der Waals surface area contributed by atoms with Crippen molar-refractivity contribution < 1.29 is 38.1 Å². The minimum Gasteiger partial charge on any atom is -0.491 e. The highest BCUT2D eigenvalue weighted by Gasteiger charge is 2.35. The molecule has 2 heterocycles. The molecule has 184 valence electrons. The van der Waals surface area contributed by atoms with Crippen molar-refractivity contribution in [1.29, 1.82) is 0 Å². The minimum absolute atomic E-state index is 0.122. The highest BCUT2D eigenvalue weighted by atomic mass is 16.6. The van der Waals surface area contributed by atoms with Crippen molar-refractivity contribution in [3.63, 3.8) is 0 Å². The number of ketones is 1. The maximum absolute atomic E-state index is 13.1. The van der Waals surface area contributed by atoms with Crippen LogP contribution in [-0.4, -0.2) is 93.5 Å². The Kier molecular flexibility index (Phi) is 8.93. The SMILES string of the molecule is COC(=O)COC(=O)C(OC1CCNCC1)C(=O)CN1CCOc2cc(C=NN)ccc2C1=O. The lowest BCUT2D eigenvalue weighted by molar-refractivity contribution is -0.172. The molecule has 1 amide bonds. The molecule has 0 aromatic heterocycles. The van der Waals surface area contributed by atoms with E-state index < -0.39 is 42.9 Å². The van der Waals surface area contributed by atoms with Crippen molar-refractivity contribution in [2.24, 2.45) is 10.9 Å². The average Bonchev–Trinajstić information content (AvgIpc) is 2.99. The van der Waals surface area contributed by atoms with Gasteiger partial charge in [-0.1, -0.05) is 6.07 Å². The second kappa shape index (κ2) is 12.1. The first-order valence-electron chi connectivity index (χ1n) is 10.8. The monoisotopic (exact) mass is 476 g/mol. The number of esters is 2. The first-order chi connectivity index (χ1) is 16.4. The van der Waals surface area contributed by atoms with Gasteiger partial charge in [-0.2, -0.15) is 5.10 Å². The van der Waals surface area contributed by atoms with Crippen molar-refractivity contribution in [2.45, 2.75) is 25.0 Å². The molecular weight excluding hydrogens is 448 g/mol. The smallest absolute Gasteiger partial charge is 0.344 e. The number of nitrogens with two attached hydrogens (primary N) is 1. The highest BCUT2D eigenvalue weighted by molar-refractivity contribution is 6.06. The van der Waals surface area contributed by atoms with Gasteiger partial charge in [0.1, 0.15) is 12.4 Å². The maximum atomic E-state index is 13.1. The molecule has 0 radical (unpaired) electrons. The molecule has 2 aliphatic rings. The van der Waals surface area contributed by atoms with Crippen LogP contribution in [0.1, 0.15) is 28.8 Å². The van der Waals surface area contributed by atoms with Crippen molar-refractivity contribution in [3.8, 4) is 5.75 Å². The Hall–Kier alpha value is -3.51. The molecule has 0 aliphatic carbocycles. The lowest BCUT2D eigenvalue weighted by Gasteiger charge is -2.28. The summed E-state index contributed by atoms with van der Waals surface area (Å²) < 4.78 is 20.8. The zero-order valence-electron chi connectivity index (χ0n) is 18.9. The number of hydrazone groups is 1. The third kappa shape index (κ3) is 6.51. The Morgan fingerprint density at radius 1 is 1.32 bits per heavy atom. The van der Waals surface area contributed by atoms with Crippen molar-refractivity contribution in [2.75, 3.05) is 46.5 Å². The van der Waals surface area contributed by atoms with E-state index in [1.807, 2.05) is 0 Å². The zero-order chi connectivity index (χ0) is 24.5. The summed E-state index contributed by atoms with van der Waals surface area (Å²) in [4.78, 5) is 51.5. The van der Waals surface area contributed by atoms with Gasteiger partial charge >= 0.3 is 11.9 Å². The van der Waals surface area contributed by atoms with Crippen molar-refractivity contribution in [1.82, 2.24) is 10.2 Å². The number of piperidine rings is 1. The third-order valence-electron chi connectivity index (χ3n) is 5.39. The molecule has 1 saturated heterocycles. The number of hydrogen-bond acceptors (Lipinski definition) is 11. The number of fused-ring (bicyclic) bond motifs is 1. The number of amides is 1. The second-order valence-electron chi connectivity index (χ2n) is 7.72. The molecule has 1 unspecified atom stereocenters. The van der Waals surface area contributed by atoms with Crippen LogP contribution in [0.3, 0.4) is 0 Å². The number of Topliss-reactive ketones (excluding diaryl/α,β-unsaturated/α-hetero) is 1. The number of ether oxygens (including phenoxy) is 4. The van der Waals surface area contributed by atoms with Crippen LogP contribution in [0.2, 0.25) is 0 Å². The zero-order valence-corrected chi connectivity index (χ0v) is 18.9. The number of benzene rings is 1. The van der Waals surface area contributed by atoms with Crippen LogP contribution >= 0.6 is 0 Å². The molecular formula is C22H28N4O8. The molecule has 2 aliphatic heterocycles. The molecule has 0 saturated carbocycles. The Balaban J connectivity index is 1.73. The molecule has 12 nitrogen and oxygen atoms in total. The molecule has 12 heteroatoms. The molecule has 34 heavy (non-hydrogen) atoms. The fraction of sp³-hybridized carbons (Fsp3) is 0.500. The molecule has 0 spiro atoms. The van der Waals surface area contributed by atoms with Crippen molar-refractivity contribution >= 4 is 29.8 Å². The van der Waals surface area contributed by atoms with Crippen LogP contribution in [0.5, 0.6) is 5.75 Å². The van der Waals surface area contributed by atoms with E-state index in [1.165, 1.54) is 11.1 Å². The minimum atomic E-state index is -1.58. The van der Waals surface area contributed by atoms with E-state index in [4.69, 9.17) is 20.1 Å². The number of carbonyl (C=O) groups excluding carboxylic acids is 4. The summed E-state index contributed by atoms with van der Waals surface area (Å²) in [7, 11) is 1.15.